The van der Waals surface area contributed by atoms with E-state index < -0.39 is 16.8 Å². The summed E-state index contributed by atoms with van der Waals surface area (Å²) >= 11 is 0.726. The molecule has 8 nitrogen and oxygen atoms in total. The number of carboxylic acids is 1. The SMILES string of the molecule is O=C([O-])/C(=C\c1ccc([N+](=O)[O-])o1)Sc1nc2ccccc2o1. The van der Waals surface area contributed by atoms with Gasteiger partial charge in [0, 0.05) is 4.91 Å². The minimum Gasteiger partial charge on any atom is -0.544 e. The summed E-state index contributed by atoms with van der Waals surface area (Å²) in [5.41, 5.74) is 1.10. The number of fused-ring (bicyclic) bond motifs is 1. The van der Waals surface area contributed by atoms with E-state index in [1.165, 1.54) is 6.07 Å². The van der Waals surface area contributed by atoms with E-state index in [9.17, 15) is 20.0 Å². The number of para-hydroxylation sites is 2. The fourth-order valence-corrected chi connectivity index (χ4v) is 2.49. The molecule has 0 aliphatic rings. The van der Waals surface area contributed by atoms with Crippen molar-refractivity contribution in [3.05, 3.63) is 57.2 Å². The fraction of sp³-hybridized carbons (Fsp3) is 0. The van der Waals surface area contributed by atoms with Gasteiger partial charge in [-0.1, -0.05) is 12.1 Å². The van der Waals surface area contributed by atoms with E-state index in [0.29, 0.717) is 11.1 Å². The lowest BCUT2D eigenvalue weighted by atomic mass is 10.3. The number of carboxylic acid groups (broad SMARTS) is 1. The Bertz CT molecular complexity index is 893. The number of nitrogens with zero attached hydrogens (tertiary/aromatic N) is 2. The molecule has 0 spiro atoms. The number of carbonyl (C=O) groups is 1. The summed E-state index contributed by atoms with van der Waals surface area (Å²) in [6.45, 7) is 0. The average molecular weight is 331 g/mol. The summed E-state index contributed by atoms with van der Waals surface area (Å²) in [7, 11) is 0. The Morgan fingerprint density at radius 2 is 2.00 bits per heavy atom. The molecule has 3 aromatic rings. The summed E-state index contributed by atoms with van der Waals surface area (Å²) in [6.07, 6.45) is 1.11. The fourth-order valence-electron chi connectivity index (χ4n) is 1.77. The zero-order valence-corrected chi connectivity index (χ0v) is 12.1. The van der Waals surface area contributed by atoms with Gasteiger partial charge in [-0.15, -0.1) is 0 Å². The predicted octanol–water partition coefficient (Wildman–Crippen LogP) is 2.21. The minimum absolute atomic E-state index is 0.0134. The van der Waals surface area contributed by atoms with Crippen LogP contribution < -0.4 is 5.11 Å². The quantitative estimate of drug-likeness (QED) is 0.302. The first kappa shape index (κ1) is 14.9. The van der Waals surface area contributed by atoms with Crippen molar-refractivity contribution in [2.24, 2.45) is 0 Å². The summed E-state index contributed by atoms with van der Waals surface area (Å²) in [5, 5.41) is 21.9. The normalized spacial score (nSPS) is 11.7. The van der Waals surface area contributed by atoms with Gasteiger partial charge in [-0.3, -0.25) is 10.1 Å². The maximum Gasteiger partial charge on any atom is 0.433 e. The van der Waals surface area contributed by atoms with Gasteiger partial charge in [-0.05, 0) is 36.0 Å². The Kier molecular flexibility index (Phi) is 3.85. The van der Waals surface area contributed by atoms with Gasteiger partial charge in [0.1, 0.15) is 16.2 Å². The Balaban J connectivity index is 1.90. The summed E-state index contributed by atoms with van der Waals surface area (Å²) in [6, 6.07) is 9.37. The number of oxazole rings is 1. The Hall–Kier alpha value is -3.07. The van der Waals surface area contributed by atoms with Crippen molar-refractivity contribution < 1.29 is 23.7 Å². The van der Waals surface area contributed by atoms with Crippen LogP contribution in [0.15, 0.2) is 55.4 Å². The van der Waals surface area contributed by atoms with Crippen LogP contribution in [0.1, 0.15) is 5.76 Å². The third kappa shape index (κ3) is 3.24. The highest BCUT2D eigenvalue weighted by Gasteiger charge is 2.14. The lowest BCUT2D eigenvalue weighted by Gasteiger charge is -2.03. The van der Waals surface area contributed by atoms with Gasteiger partial charge in [0.05, 0.1) is 12.0 Å². The molecule has 0 aliphatic carbocycles. The standard InChI is InChI=1S/C14H8N2O6S/c17-13(18)11(7-8-5-6-12(21-8)16(19)20)23-14-15-9-3-1-2-4-10(9)22-14/h1-7H,(H,17,18)/p-1/b11-7+. The van der Waals surface area contributed by atoms with Crippen LogP contribution in [0.3, 0.4) is 0 Å². The molecule has 0 unspecified atom stereocenters. The maximum atomic E-state index is 11.2. The van der Waals surface area contributed by atoms with E-state index >= 15 is 0 Å². The molecule has 0 saturated carbocycles. The van der Waals surface area contributed by atoms with Gasteiger partial charge in [-0.25, -0.2) is 4.98 Å². The van der Waals surface area contributed by atoms with Gasteiger partial charge < -0.3 is 18.7 Å². The topological polar surface area (TPSA) is 122 Å². The molecule has 0 amide bonds. The Morgan fingerprint density at radius 1 is 1.22 bits per heavy atom. The second-order valence-electron chi connectivity index (χ2n) is 4.28. The van der Waals surface area contributed by atoms with Crippen LogP contribution in [0.25, 0.3) is 17.2 Å². The Morgan fingerprint density at radius 3 is 2.65 bits per heavy atom. The van der Waals surface area contributed by atoms with Crippen LogP contribution in [0, 0.1) is 10.1 Å². The molecule has 2 aromatic heterocycles. The van der Waals surface area contributed by atoms with E-state index in [0.717, 1.165) is 23.9 Å². The smallest absolute Gasteiger partial charge is 0.433 e. The second-order valence-corrected chi connectivity index (χ2v) is 5.27. The highest BCUT2D eigenvalue weighted by atomic mass is 32.2. The monoisotopic (exact) mass is 331 g/mol. The molecule has 116 valence electrons. The first-order chi connectivity index (χ1) is 11.0. The van der Waals surface area contributed by atoms with Gasteiger partial charge in [0.2, 0.25) is 0 Å². The Labute approximate surface area is 132 Å². The molecule has 0 aliphatic heterocycles. The molecule has 0 fully saturated rings. The minimum atomic E-state index is -1.48. The van der Waals surface area contributed by atoms with Crippen molar-refractivity contribution in [3.8, 4) is 0 Å². The lowest BCUT2D eigenvalue weighted by molar-refractivity contribution is -0.402. The van der Waals surface area contributed by atoms with Gasteiger partial charge >= 0.3 is 5.88 Å². The summed E-state index contributed by atoms with van der Waals surface area (Å²) < 4.78 is 10.3. The molecular weight excluding hydrogens is 324 g/mol. The van der Waals surface area contributed by atoms with Crippen LogP contribution >= 0.6 is 11.8 Å². The summed E-state index contributed by atoms with van der Waals surface area (Å²) in [4.78, 5) is 24.9. The van der Waals surface area contributed by atoms with Gasteiger partial charge in [-0.2, -0.15) is 0 Å². The van der Waals surface area contributed by atoms with Crippen molar-refractivity contribution in [2.45, 2.75) is 5.22 Å². The number of benzene rings is 1. The third-order valence-electron chi connectivity index (χ3n) is 2.74. The molecule has 0 N–H and O–H groups in total. The van der Waals surface area contributed by atoms with Crippen molar-refractivity contribution in [1.29, 1.82) is 0 Å². The van der Waals surface area contributed by atoms with Crippen LogP contribution in [0.4, 0.5) is 5.88 Å². The molecular formula is C14H7N2O6S-. The number of furan rings is 1. The summed E-state index contributed by atoms with van der Waals surface area (Å²) in [5.74, 6) is -1.95. The molecule has 9 heteroatoms. The predicted molar refractivity (Wildman–Crippen MR) is 78.2 cm³/mol. The van der Waals surface area contributed by atoms with E-state index in [4.69, 9.17) is 8.83 Å². The van der Waals surface area contributed by atoms with E-state index in [1.54, 1.807) is 24.3 Å². The average Bonchev–Trinajstić information content (AvgIpc) is 3.12. The number of aromatic nitrogens is 1. The zero-order valence-electron chi connectivity index (χ0n) is 11.3. The molecule has 2 heterocycles. The first-order valence-corrected chi connectivity index (χ1v) is 7.05. The van der Waals surface area contributed by atoms with Crippen molar-refractivity contribution in [2.75, 3.05) is 0 Å². The second kappa shape index (κ2) is 5.97. The number of aliphatic carboxylic acids is 1. The van der Waals surface area contributed by atoms with Crippen LogP contribution in [0.5, 0.6) is 0 Å². The van der Waals surface area contributed by atoms with E-state index in [-0.39, 0.29) is 15.9 Å². The van der Waals surface area contributed by atoms with Gasteiger partial charge in [0.25, 0.3) is 5.22 Å². The van der Waals surface area contributed by atoms with Crippen LogP contribution in [0.2, 0.25) is 0 Å². The van der Waals surface area contributed by atoms with Gasteiger partial charge in [0.15, 0.2) is 5.58 Å². The molecule has 3 rings (SSSR count). The number of carbonyl (C=O) groups excluding carboxylic acids is 1. The number of nitro groups is 1. The van der Waals surface area contributed by atoms with Crippen LogP contribution in [-0.2, 0) is 4.79 Å². The maximum absolute atomic E-state index is 11.2. The number of hydrogen-bond donors (Lipinski definition) is 0. The number of hydrogen-bond acceptors (Lipinski definition) is 8. The van der Waals surface area contributed by atoms with Crippen LogP contribution in [-0.4, -0.2) is 15.9 Å². The van der Waals surface area contributed by atoms with E-state index in [1.807, 2.05) is 0 Å². The molecule has 0 radical (unpaired) electrons. The molecule has 23 heavy (non-hydrogen) atoms. The van der Waals surface area contributed by atoms with E-state index in [2.05, 4.69) is 4.98 Å². The number of rotatable bonds is 5. The lowest BCUT2D eigenvalue weighted by Crippen LogP contribution is -2.22. The highest BCUT2D eigenvalue weighted by molar-refractivity contribution is 8.03. The highest BCUT2D eigenvalue weighted by Crippen LogP contribution is 2.30. The molecule has 0 bridgehead atoms. The zero-order chi connectivity index (χ0) is 16.4. The first-order valence-electron chi connectivity index (χ1n) is 6.23. The van der Waals surface area contributed by atoms with Crippen molar-refractivity contribution in [1.82, 2.24) is 4.98 Å². The number of thioether (sulfide) groups is 1. The molecule has 1 aromatic carbocycles. The van der Waals surface area contributed by atoms with Crippen molar-refractivity contribution >= 4 is 40.8 Å². The largest absolute Gasteiger partial charge is 0.544 e. The molecule has 0 saturated heterocycles. The molecule has 0 atom stereocenters. The van der Waals surface area contributed by atoms with Crippen molar-refractivity contribution in [3.63, 3.8) is 0 Å². The third-order valence-corrected chi connectivity index (χ3v) is 3.59.